The Labute approximate surface area is 128 Å². The minimum Gasteiger partial charge on any atom is -0.444 e. The van der Waals surface area contributed by atoms with Crippen LogP contribution < -0.4 is 5.32 Å². The normalized spacial score (nSPS) is 11.6. The summed E-state index contributed by atoms with van der Waals surface area (Å²) in [6.45, 7) is 5.82. The Hall–Kier alpha value is -1.95. The molecule has 0 aromatic heterocycles. The Morgan fingerprint density at radius 2 is 2.19 bits per heavy atom. The first-order valence-electron chi connectivity index (χ1n) is 6.58. The molecule has 0 spiro atoms. The van der Waals surface area contributed by atoms with Crippen molar-refractivity contribution < 1.29 is 14.7 Å². The number of halogens is 1. The molecule has 0 fully saturated rings. The highest BCUT2D eigenvalue weighted by Crippen LogP contribution is 2.25. The third-order valence-electron chi connectivity index (χ3n) is 2.64. The van der Waals surface area contributed by atoms with Gasteiger partial charge in [-0.2, -0.15) is 4.73 Å². The second-order valence-electron chi connectivity index (χ2n) is 5.71. The van der Waals surface area contributed by atoms with Crippen molar-refractivity contribution in [2.75, 3.05) is 6.54 Å². The Bertz CT molecular complexity index is 619. The summed E-state index contributed by atoms with van der Waals surface area (Å²) < 4.78 is 6.03. The van der Waals surface area contributed by atoms with Crippen LogP contribution in [0.15, 0.2) is 18.3 Å². The van der Waals surface area contributed by atoms with Gasteiger partial charge >= 0.3 is 6.09 Å². The number of fused-ring (bicyclic) bond motifs is 1. The molecule has 0 unspecified atom stereocenters. The van der Waals surface area contributed by atoms with Gasteiger partial charge in [0.1, 0.15) is 5.60 Å². The zero-order valence-corrected chi connectivity index (χ0v) is 12.9. The van der Waals surface area contributed by atoms with E-state index in [0.717, 1.165) is 16.0 Å². The third-order valence-corrected chi connectivity index (χ3v) is 2.84. The standard InChI is InChI=1S/C14H18ClN3O3/c1-14(2,3)21-13(19)16-5-4-11-7-9-6-10(15)8-18(20)12(9)17-11/h6-8,20H,4-5H2,1-3H3,(H,16,19). The lowest BCUT2D eigenvalue weighted by Gasteiger charge is -2.19. The molecule has 2 aliphatic rings. The Balaban J connectivity index is 1.94. The number of carbonyl (C=O) groups is 1. The monoisotopic (exact) mass is 311 g/mol. The van der Waals surface area contributed by atoms with Crippen molar-refractivity contribution in [3.63, 3.8) is 0 Å². The van der Waals surface area contributed by atoms with Crippen molar-refractivity contribution in [3.05, 3.63) is 29.0 Å². The van der Waals surface area contributed by atoms with Crippen LogP contribution in [0.1, 0.15) is 26.5 Å². The number of nitrogens with one attached hydrogen (secondary N) is 1. The summed E-state index contributed by atoms with van der Waals surface area (Å²) in [5.74, 6) is 0.437. The fourth-order valence-corrected chi connectivity index (χ4v) is 2.08. The first kappa shape index (κ1) is 15.4. The van der Waals surface area contributed by atoms with Crippen LogP contribution in [0.5, 0.6) is 0 Å². The number of rotatable bonds is 3. The van der Waals surface area contributed by atoms with Gasteiger partial charge in [-0.05, 0) is 32.9 Å². The van der Waals surface area contributed by atoms with Gasteiger partial charge in [-0.15, -0.1) is 0 Å². The molecule has 2 heterocycles. The van der Waals surface area contributed by atoms with E-state index >= 15 is 0 Å². The molecule has 2 aliphatic heterocycles. The zero-order valence-electron chi connectivity index (χ0n) is 12.2. The van der Waals surface area contributed by atoms with E-state index in [2.05, 4.69) is 10.3 Å². The molecule has 2 N–H and O–H groups in total. The van der Waals surface area contributed by atoms with Gasteiger partial charge in [0.15, 0.2) is 5.82 Å². The lowest BCUT2D eigenvalue weighted by atomic mass is 10.2. The highest BCUT2D eigenvalue weighted by Gasteiger charge is 2.16. The van der Waals surface area contributed by atoms with Gasteiger partial charge in [-0.1, -0.05) is 11.6 Å². The molecule has 0 aromatic carbocycles. The SMILES string of the molecule is CC(C)(C)OC(=O)NCCc1cc2cc(Cl)cn(O)c-2n1. The highest BCUT2D eigenvalue weighted by atomic mass is 35.5. The average molecular weight is 312 g/mol. The lowest BCUT2D eigenvalue weighted by molar-refractivity contribution is 0.0528. The van der Waals surface area contributed by atoms with Gasteiger partial charge < -0.3 is 15.3 Å². The van der Waals surface area contributed by atoms with Crippen LogP contribution in [0, 0.1) is 0 Å². The molecular weight excluding hydrogens is 294 g/mol. The van der Waals surface area contributed by atoms with Crippen LogP contribution in [0.2, 0.25) is 5.02 Å². The zero-order chi connectivity index (χ0) is 15.6. The molecule has 0 saturated heterocycles. The summed E-state index contributed by atoms with van der Waals surface area (Å²) in [4.78, 5) is 15.8. The van der Waals surface area contributed by atoms with Crippen molar-refractivity contribution in [1.29, 1.82) is 0 Å². The molecule has 6 nitrogen and oxygen atoms in total. The van der Waals surface area contributed by atoms with E-state index < -0.39 is 11.7 Å². The molecule has 0 bridgehead atoms. The van der Waals surface area contributed by atoms with Crippen LogP contribution in [0.3, 0.4) is 0 Å². The summed E-state index contributed by atoms with van der Waals surface area (Å²) in [6, 6.07) is 3.55. The van der Waals surface area contributed by atoms with E-state index in [-0.39, 0.29) is 0 Å². The summed E-state index contributed by atoms with van der Waals surface area (Å²) in [7, 11) is 0. The van der Waals surface area contributed by atoms with Crippen LogP contribution in [-0.4, -0.2) is 33.2 Å². The number of nitrogens with zero attached hydrogens (tertiary/aromatic N) is 2. The molecule has 0 aliphatic carbocycles. The molecule has 114 valence electrons. The van der Waals surface area contributed by atoms with Crippen LogP contribution in [0.4, 0.5) is 4.79 Å². The fraction of sp³-hybridized carbons (Fsp3) is 0.429. The second kappa shape index (κ2) is 5.81. The van der Waals surface area contributed by atoms with Crippen LogP contribution >= 0.6 is 11.6 Å². The summed E-state index contributed by atoms with van der Waals surface area (Å²) in [5, 5.41) is 12.8. The van der Waals surface area contributed by atoms with Gasteiger partial charge in [-0.3, -0.25) is 0 Å². The predicted octanol–water partition coefficient (Wildman–Crippen LogP) is 2.95. The number of pyridine rings is 1. The topological polar surface area (TPSA) is 76.4 Å². The Kier molecular flexibility index (Phi) is 4.27. The number of amides is 1. The van der Waals surface area contributed by atoms with E-state index in [1.165, 1.54) is 6.20 Å². The van der Waals surface area contributed by atoms with Gasteiger partial charge in [0, 0.05) is 24.2 Å². The largest absolute Gasteiger partial charge is 0.444 e. The van der Waals surface area contributed by atoms with E-state index in [4.69, 9.17) is 16.3 Å². The molecule has 0 saturated carbocycles. The summed E-state index contributed by atoms with van der Waals surface area (Å²) in [6.07, 6.45) is 1.45. The lowest BCUT2D eigenvalue weighted by Crippen LogP contribution is -2.33. The minimum absolute atomic E-state index is 0.400. The van der Waals surface area contributed by atoms with Gasteiger partial charge in [0.25, 0.3) is 0 Å². The van der Waals surface area contributed by atoms with E-state index in [0.29, 0.717) is 23.8 Å². The quantitative estimate of drug-likeness (QED) is 0.854. The smallest absolute Gasteiger partial charge is 0.407 e. The molecular formula is C14H18ClN3O3. The maximum absolute atomic E-state index is 11.5. The predicted molar refractivity (Wildman–Crippen MR) is 79.0 cm³/mol. The Morgan fingerprint density at radius 1 is 1.48 bits per heavy atom. The van der Waals surface area contributed by atoms with Crippen molar-refractivity contribution in [2.45, 2.75) is 32.8 Å². The number of hydrogen-bond donors (Lipinski definition) is 2. The van der Waals surface area contributed by atoms with Crippen LogP contribution in [0.25, 0.3) is 11.4 Å². The second-order valence-corrected chi connectivity index (χ2v) is 6.14. The molecule has 21 heavy (non-hydrogen) atoms. The number of aromatic nitrogens is 2. The van der Waals surface area contributed by atoms with Crippen molar-refractivity contribution in [3.8, 4) is 11.4 Å². The van der Waals surface area contributed by atoms with Crippen molar-refractivity contribution >= 4 is 17.7 Å². The maximum Gasteiger partial charge on any atom is 0.407 e. The number of carbonyl (C=O) groups excluding carboxylic acids is 1. The number of hydrogen-bond acceptors (Lipinski definition) is 4. The third kappa shape index (κ3) is 4.26. The van der Waals surface area contributed by atoms with Gasteiger partial charge in [0.2, 0.25) is 0 Å². The average Bonchev–Trinajstić information content (AvgIpc) is 2.69. The molecule has 0 aromatic rings. The number of ether oxygens (including phenoxy) is 1. The highest BCUT2D eigenvalue weighted by molar-refractivity contribution is 6.30. The number of alkyl carbamates (subject to hydrolysis) is 1. The van der Waals surface area contributed by atoms with Crippen molar-refractivity contribution in [2.24, 2.45) is 0 Å². The summed E-state index contributed by atoms with van der Waals surface area (Å²) in [5.41, 5.74) is 0.986. The van der Waals surface area contributed by atoms with E-state index in [9.17, 15) is 10.0 Å². The molecule has 1 amide bonds. The fourth-order valence-electron chi connectivity index (χ4n) is 1.87. The van der Waals surface area contributed by atoms with Gasteiger partial charge in [-0.25, -0.2) is 9.78 Å². The maximum atomic E-state index is 11.5. The summed E-state index contributed by atoms with van der Waals surface area (Å²) >= 11 is 5.86. The van der Waals surface area contributed by atoms with Crippen LogP contribution in [-0.2, 0) is 11.2 Å². The molecule has 2 rings (SSSR count). The Morgan fingerprint density at radius 3 is 2.86 bits per heavy atom. The van der Waals surface area contributed by atoms with E-state index in [1.807, 2.05) is 26.8 Å². The van der Waals surface area contributed by atoms with Gasteiger partial charge in [0.05, 0.1) is 11.2 Å². The molecule has 0 radical (unpaired) electrons. The first-order chi connectivity index (χ1) is 9.74. The first-order valence-corrected chi connectivity index (χ1v) is 6.96. The molecule has 0 atom stereocenters. The van der Waals surface area contributed by atoms with E-state index in [1.54, 1.807) is 6.07 Å². The minimum atomic E-state index is -0.517. The van der Waals surface area contributed by atoms with Crippen molar-refractivity contribution in [1.82, 2.24) is 15.0 Å². The molecule has 7 heteroatoms.